The molecule has 0 unspecified atom stereocenters. The van der Waals surface area contributed by atoms with Gasteiger partial charge in [-0.2, -0.15) is 0 Å². The molecule has 0 heterocycles. The topological polar surface area (TPSA) is 57.6 Å². The Kier molecular flexibility index (Phi) is 7.01. The Bertz CT molecular complexity index is 248. The molecule has 10 heavy (non-hydrogen) atoms. The third-order valence-corrected chi connectivity index (χ3v) is 1.29. The normalized spacial score (nSPS) is 8.20. The second kappa shape index (κ2) is 7.05. The van der Waals surface area contributed by atoms with Gasteiger partial charge in [-0.3, -0.25) is 0 Å². The number of rotatable bonds is 2. The van der Waals surface area contributed by atoms with E-state index in [2.05, 4.69) is 11.5 Å². The molecule has 0 rings (SSSR count). The fraction of sp³-hybridized carbons (Fsp3) is 0.500. The van der Waals surface area contributed by atoms with E-state index in [1.165, 1.54) is 0 Å². The molecule has 0 spiro atoms. The van der Waals surface area contributed by atoms with Crippen LogP contribution in [0.5, 0.6) is 0 Å². The van der Waals surface area contributed by atoms with Crippen molar-refractivity contribution < 1.29 is 14.2 Å². The zero-order valence-corrected chi connectivity index (χ0v) is 6.81. The fourth-order valence-corrected chi connectivity index (χ4v) is 0.897. The molecule has 0 amide bonds. The van der Waals surface area contributed by atoms with Gasteiger partial charge in [0.05, 0.1) is 0 Å². The molecule has 0 saturated heterocycles. The predicted octanol–water partition coefficient (Wildman–Crippen LogP) is 0.698. The molecule has 0 aliphatic carbocycles. The van der Waals surface area contributed by atoms with E-state index in [-0.39, 0.29) is 29.0 Å². The van der Waals surface area contributed by atoms with E-state index in [1.807, 2.05) is 0 Å². The number of aliphatic hydroxyl groups is 1. The molecule has 0 fully saturated rings. The van der Waals surface area contributed by atoms with Crippen molar-refractivity contribution in [3.05, 3.63) is 0 Å². The molecule has 0 atom stereocenters. The summed E-state index contributed by atoms with van der Waals surface area (Å²) < 4.78 is 19.8. The summed E-state index contributed by atoms with van der Waals surface area (Å²) in [6, 6.07) is 0. The Morgan fingerprint density at radius 3 is 2.10 bits per heavy atom. The van der Waals surface area contributed by atoms with Crippen molar-refractivity contribution in [1.82, 2.24) is 4.90 Å². The van der Waals surface area contributed by atoms with E-state index in [1.54, 1.807) is 0 Å². The third kappa shape index (κ3) is 4.78. The van der Waals surface area contributed by atoms with E-state index in [4.69, 9.17) is 5.11 Å². The van der Waals surface area contributed by atoms with Crippen LogP contribution in [0.15, 0.2) is 0 Å². The summed E-state index contributed by atoms with van der Waals surface area (Å²) in [6.45, 7) is 0.0789. The molecule has 0 aliphatic rings. The van der Waals surface area contributed by atoms with Crippen LogP contribution in [0, 0.1) is 11.5 Å². The number of hydrogen-bond donors (Lipinski definition) is 1. The molecule has 1 N–H and O–H groups in total. The first-order chi connectivity index (χ1) is 4.85. The Balaban J connectivity index is 4.15. The standard InChI is InChI=1S/C4H5NO3P2/c6-2-1-5(3-9-7)4-10-8/h6H,1-2H2. The minimum absolute atomic E-state index is 0.120. The van der Waals surface area contributed by atoms with Gasteiger partial charge in [0.1, 0.15) is 0 Å². The van der Waals surface area contributed by atoms with Gasteiger partial charge < -0.3 is 0 Å². The van der Waals surface area contributed by atoms with Gasteiger partial charge in [0.2, 0.25) is 0 Å². The monoisotopic (exact) mass is 177 g/mol. The molecule has 0 aromatic carbocycles. The Labute approximate surface area is 60.5 Å². The number of hydrogen-bond acceptors (Lipinski definition) is 4. The van der Waals surface area contributed by atoms with Crippen LogP contribution in [0.2, 0.25) is 0 Å². The van der Waals surface area contributed by atoms with Crippen LogP contribution < -0.4 is 0 Å². The average molecular weight is 177 g/mol. The van der Waals surface area contributed by atoms with Crippen molar-refractivity contribution >= 4 is 15.8 Å². The molecular formula is C4H5NO3P2. The Morgan fingerprint density at radius 1 is 1.30 bits per heavy atom. The van der Waals surface area contributed by atoms with Gasteiger partial charge >= 0.3 is 59.6 Å². The Morgan fingerprint density at radius 2 is 1.80 bits per heavy atom. The molecule has 0 radical (unpaired) electrons. The van der Waals surface area contributed by atoms with Crippen LogP contribution in [-0.4, -0.2) is 23.2 Å². The molecule has 6 heteroatoms. The molecule has 0 aromatic heterocycles. The van der Waals surface area contributed by atoms with Gasteiger partial charge in [0, 0.05) is 0 Å². The van der Waals surface area contributed by atoms with Crippen molar-refractivity contribution in [2.45, 2.75) is 0 Å². The second-order valence-corrected chi connectivity index (χ2v) is 2.02. The molecular weight excluding hydrogens is 172 g/mol. The molecule has 54 valence electrons. The molecule has 4 nitrogen and oxygen atoms in total. The maximum atomic E-state index is 9.88. The van der Waals surface area contributed by atoms with Crippen molar-refractivity contribution in [2.75, 3.05) is 13.2 Å². The zero-order valence-electron chi connectivity index (χ0n) is 5.02. The van der Waals surface area contributed by atoms with Gasteiger partial charge in [-0.1, -0.05) is 0 Å². The van der Waals surface area contributed by atoms with Crippen LogP contribution in [0.4, 0.5) is 0 Å². The summed E-state index contributed by atoms with van der Waals surface area (Å²) in [5, 5.41) is 8.36. The molecule has 0 aliphatic heterocycles. The van der Waals surface area contributed by atoms with E-state index >= 15 is 0 Å². The summed E-state index contributed by atoms with van der Waals surface area (Å²) in [5.74, 6) is 4.51. The van der Waals surface area contributed by atoms with E-state index in [9.17, 15) is 9.13 Å². The fourth-order valence-electron chi connectivity index (χ4n) is 0.321. The predicted molar refractivity (Wildman–Crippen MR) is 36.8 cm³/mol. The third-order valence-electron chi connectivity index (χ3n) is 0.647. The molecule has 0 saturated carbocycles. The van der Waals surface area contributed by atoms with Crippen LogP contribution in [0.3, 0.4) is 0 Å². The zero-order chi connectivity index (χ0) is 7.82. The summed E-state index contributed by atoms with van der Waals surface area (Å²) >= 11 is 0. The van der Waals surface area contributed by atoms with Crippen molar-refractivity contribution in [2.24, 2.45) is 0 Å². The summed E-state index contributed by atoms with van der Waals surface area (Å²) in [5.41, 5.74) is 0. The minimum atomic E-state index is -0.317. The average Bonchev–Trinajstić information content (AvgIpc) is 1.90. The van der Waals surface area contributed by atoms with Crippen molar-refractivity contribution in [3.8, 4) is 11.5 Å². The van der Waals surface area contributed by atoms with Gasteiger partial charge in [-0.05, 0) is 0 Å². The van der Waals surface area contributed by atoms with E-state index in [0.29, 0.717) is 0 Å². The van der Waals surface area contributed by atoms with Crippen LogP contribution >= 0.6 is 15.8 Å². The summed E-state index contributed by atoms with van der Waals surface area (Å²) in [7, 11) is -0.635. The van der Waals surface area contributed by atoms with E-state index in [0.717, 1.165) is 4.90 Å². The van der Waals surface area contributed by atoms with Gasteiger partial charge in [-0.15, -0.1) is 0 Å². The van der Waals surface area contributed by atoms with Gasteiger partial charge in [0.25, 0.3) is 0 Å². The quantitative estimate of drug-likeness (QED) is 0.498. The van der Waals surface area contributed by atoms with Crippen LogP contribution in [-0.2, 0) is 9.13 Å². The number of nitrogens with zero attached hydrogens (tertiary/aromatic N) is 1. The molecule has 0 aromatic rings. The number of aliphatic hydroxyl groups excluding tert-OH is 1. The van der Waals surface area contributed by atoms with Crippen LogP contribution in [0.25, 0.3) is 0 Å². The SMILES string of the molecule is O=P#CN(C#P=O)CCO. The van der Waals surface area contributed by atoms with Gasteiger partial charge in [-0.25, -0.2) is 0 Å². The summed E-state index contributed by atoms with van der Waals surface area (Å²) in [6.07, 6.45) is 0. The van der Waals surface area contributed by atoms with Crippen molar-refractivity contribution in [3.63, 3.8) is 0 Å². The van der Waals surface area contributed by atoms with Crippen LogP contribution in [0.1, 0.15) is 0 Å². The maximum absolute atomic E-state index is 9.88. The first kappa shape index (κ1) is 9.94. The summed E-state index contributed by atoms with van der Waals surface area (Å²) in [4.78, 5) is 1.14. The Hall–Kier alpha value is -0.0600. The van der Waals surface area contributed by atoms with Crippen molar-refractivity contribution in [1.29, 1.82) is 0 Å². The molecule has 0 bridgehead atoms. The first-order valence-corrected chi connectivity index (χ1v) is 4.02. The first-order valence-electron chi connectivity index (χ1n) is 2.39. The second-order valence-electron chi connectivity index (χ2n) is 1.26. The van der Waals surface area contributed by atoms with Gasteiger partial charge in [0.15, 0.2) is 0 Å². The van der Waals surface area contributed by atoms with E-state index < -0.39 is 0 Å².